The lowest BCUT2D eigenvalue weighted by Gasteiger charge is -2.11. The number of phenolic OH excluding ortho intramolecular Hbond substituents is 1. The van der Waals surface area contributed by atoms with Crippen LogP contribution in [0.5, 0.6) is 11.5 Å². The zero-order valence-corrected chi connectivity index (χ0v) is 16.9. The first-order chi connectivity index (χ1) is 14.0. The fraction of sp³-hybridized carbons (Fsp3) is 0.0952. The van der Waals surface area contributed by atoms with Gasteiger partial charge in [-0.3, -0.25) is 5.10 Å². The molecule has 0 spiro atoms. The van der Waals surface area contributed by atoms with E-state index >= 15 is 0 Å². The van der Waals surface area contributed by atoms with E-state index in [9.17, 15) is 15.0 Å². The Morgan fingerprint density at radius 3 is 2.66 bits per heavy atom. The summed E-state index contributed by atoms with van der Waals surface area (Å²) >= 11 is 3.39. The van der Waals surface area contributed by atoms with Crippen LogP contribution < -0.4 is 4.74 Å². The first-order valence-corrected chi connectivity index (χ1v) is 9.62. The number of pyridine rings is 1. The fourth-order valence-corrected chi connectivity index (χ4v) is 3.42. The highest BCUT2D eigenvalue weighted by molar-refractivity contribution is 9.10. The van der Waals surface area contributed by atoms with E-state index in [1.807, 2.05) is 31.2 Å². The van der Waals surface area contributed by atoms with E-state index in [1.165, 1.54) is 6.07 Å². The van der Waals surface area contributed by atoms with Gasteiger partial charge in [-0.05, 0) is 37.3 Å². The van der Waals surface area contributed by atoms with E-state index in [2.05, 4.69) is 31.1 Å². The number of carboxylic acid groups (broad SMARTS) is 1. The van der Waals surface area contributed by atoms with E-state index in [0.29, 0.717) is 34.7 Å². The summed E-state index contributed by atoms with van der Waals surface area (Å²) in [5.74, 6) is -0.901. The minimum absolute atomic E-state index is 0.0397. The van der Waals surface area contributed by atoms with E-state index in [1.54, 1.807) is 18.2 Å². The molecule has 2 aromatic heterocycles. The molecule has 7 nitrogen and oxygen atoms in total. The summed E-state index contributed by atoms with van der Waals surface area (Å²) in [4.78, 5) is 16.5. The van der Waals surface area contributed by atoms with Crippen molar-refractivity contribution in [3.8, 4) is 34.0 Å². The van der Waals surface area contributed by atoms with Crippen molar-refractivity contribution < 1.29 is 19.7 Å². The number of aromatic hydroxyl groups is 1. The molecule has 2 heterocycles. The molecular formula is C21H16BrN3O4. The number of aromatic nitrogens is 3. The van der Waals surface area contributed by atoms with Crippen molar-refractivity contribution in [1.82, 2.24) is 15.2 Å². The normalized spacial score (nSPS) is 11.0. The summed E-state index contributed by atoms with van der Waals surface area (Å²) in [6.07, 6.45) is 0. The molecule has 0 aliphatic carbocycles. The van der Waals surface area contributed by atoms with E-state index in [-0.39, 0.29) is 17.0 Å². The molecule has 0 bridgehead atoms. The summed E-state index contributed by atoms with van der Waals surface area (Å²) in [6.45, 7) is 2.20. The molecule has 0 amide bonds. The lowest BCUT2D eigenvalue weighted by Crippen LogP contribution is -2.01. The number of nitrogens with zero attached hydrogens (tertiary/aromatic N) is 2. The summed E-state index contributed by atoms with van der Waals surface area (Å²) in [7, 11) is 0. The number of rotatable bonds is 5. The van der Waals surface area contributed by atoms with Gasteiger partial charge in [-0.15, -0.1) is 0 Å². The van der Waals surface area contributed by atoms with Crippen molar-refractivity contribution in [3.63, 3.8) is 0 Å². The number of aromatic carboxylic acids is 1. The van der Waals surface area contributed by atoms with Crippen LogP contribution in [-0.4, -0.2) is 38.0 Å². The number of H-pyrrole nitrogens is 1. The molecule has 0 unspecified atom stereocenters. The maximum absolute atomic E-state index is 12.0. The minimum atomic E-state index is -1.11. The van der Waals surface area contributed by atoms with Crippen molar-refractivity contribution in [2.75, 3.05) is 6.61 Å². The molecule has 0 saturated heterocycles. The molecule has 29 heavy (non-hydrogen) atoms. The number of hydrogen-bond acceptors (Lipinski definition) is 5. The first kappa shape index (κ1) is 18.9. The Kier molecular flexibility index (Phi) is 4.94. The van der Waals surface area contributed by atoms with Crippen LogP contribution in [-0.2, 0) is 0 Å². The molecule has 0 aliphatic heterocycles. The number of phenols is 1. The number of hydrogen-bond donors (Lipinski definition) is 3. The molecule has 0 atom stereocenters. The van der Waals surface area contributed by atoms with Crippen LogP contribution in [0, 0.1) is 0 Å². The number of benzene rings is 2. The van der Waals surface area contributed by atoms with Gasteiger partial charge in [0.25, 0.3) is 0 Å². The van der Waals surface area contributed by atoms with Crippen LogP contribution in [0.2, 0.25) is 0 Å². The molecule has 8 heteroatoms. The fourth-order valence-electron chi connectivity index (χ4n) is 3.16. The van der Waals surface area contributed by atoms with Gasteiger partial charge in [0, 0.05) is 15.6 Å². The lowest BCUT2D eigenvalue weighted by atomic mass is 10.0. The Balaban J connectivity index is 1.93. The highest BCUT2D eigenvalue weighted by atomic mass is 79.9. The predicted octanol–water partition coefficient (Wildman–Crippen LogP) is 4.86. The van der Waals surface area contributed by atoms with Crippen molar-refractivity contribution in [1.29, 1.82) is 0 Å². The number of carbonyl (C=O) groups is 1. The summed E-state index contributed by atoms with van der Waals surface area (Å²) < 4.78 is 6.33. The molecule has 3 N–H and O–H groups in total. The lowest BCUT2D eigenvalue weighted by molar-refractivity contribution is 0.0699. The van der Waals surface area contributed by atoms with Gasteiger partial charge in [0.05, 0.1) is 28.9 Å². The molecule has 146 valence electrons. The predicted molar refractivity (Wildman–Crippen MR) is 112 cm³/mol. The van der Waals surface area contributed by atoms with E-state index < -0.39 is 5.97 Å². The average molecular weight is 454 g/mol. The standard InChI is InChI=1S/C21H16BrN3O4/c1-2-29-16-5-3-4-13(19(16)26)15-10-14(21(27)28)17-18(24-25-20(17)23-15)11-6-8-12(22)9-7-11/h3-10,26H,2H2,1H3,(H,27,28)(H,23,24,25). The highest BCUT2D eigenvalue weighted by Crippen LogP contribution is 2.38. The first-order valence-electron chi connectivity index (χ1n) is 8.83. The monoisotopic (exact) mass is 453 g/mol. The van der Waals surface area contributed by atoms with Gasteiger partial charge < -0.3 is 14.9 Å². The second-order valence-electron chi connectivity index (χ2n) is 6.25. The van der Waals surface area contributed by atoms with E-state index in [0.717, 1.165) is 10.0 Å². The Morgan fingerprint density at radius 2 is 1.97 bits per heavy atom. The Morgan fingerprint density at radius 1 is 1.21 bits per heavy atom. The van der Waals surface area contributed by atoms with Crippen molar-refractivity contribution >= 4 is 32.9 Å². The minimum Gasteiger partial charge on any atom is -0.504 e. The highest BCUT2D eigenvalue weighted by Gasteiger charge is 2.21. The van der Waals surface area contributed by atoms with Gasteiger partial charge >= 0.3 is 5.97 Å². The number of para-hydroxylation sites is 1. The van der Waals surface area contributed by atoms with Crippen LogP contribution in [0.1, 0.15) is 17.3 Å². The summed E-state index contributed by atoms with van der Waals surface area (Å²) in [6, 6.07) is 13.9. The molecule has 4 aromatic rings. The second-order valence-corrected chi connectivity index (χ2v) is 7.17. The van der Waals surface area contributed by atoms with Gasteiger partial charge in [0.15, 0.2) is 17.1 Å². The number of carboxylic acids is 1. The molecule has 4 rings (SSSR count). The van der Waals surface area contributed by atoms with E-state index in [4.69, 9.17) is 4.74 Å². The van der Waals surface area contributed by atoms with Gasteiger partial charge in [-0.1, -0.05) is 34.1 Å². The molecule has 0 radical (unpaired) electrons. The van der Waals surface area contributed by atoms with Crippen LogP contribution >= 0.6 is 15.9 Å². The number of fused-ring (bicyclic) bond motifs is 1. The van der Waals surface area contributed by atoms with Gasteiger partial charge in [0.1, 0.15) is 0 Å². The largest absolute Gasteiger partial charge is 0.504 e. The van der Waals surface area contributed by atoms with Crippen molar-refractivity contribution in [2.24, 2.45) is 0 Å². The Bertz CT molecular complexity index is 1220. The van der Waals surface area contributed by atoms with Crippen LogP contribution in [0.15, 0.2) is 53.0 Å². The van der Waals surface area contributed by atoms with Crippen molar-refractivity contribution in [2.45, 2.75) is 6.92 Å². The smallest absolute Gasteiger partial charge is 0.336 e. The van der Waals surface area contributed by atoms with Crippen LogP contribution in [0.3, 0.4) is 0 Å². The zero-order valence-electron chi connectivity index (χ0n) is 15.3. The number of nitrogens with one attached hydrogen (secondary N) is 1. The van der Waals surface area contributed by atoms with Gasteiger partial charge in [0.2, 0.25) is 0 Å². The van der Waals surface area contributed by atoms with Gasteiger partial charge in [-0.2, -0.15) is 5.10 Å². The van der Waals surface area contributed by atoms with Crippen LogP contribution in [0.4, 0.5) is 0 Å². The number of aromatic amines is 1. The second kappa shape index (κ2) is 7.56. The molecule has 0 aliphatic rings. The number of halogens is 1. The summed E-state index contributed by atoms with van der Waals surface area (Å²) in [5.41, 5.74) is 2.30. The third-order valence-electron chi connectivity index (χ3n) is 4.46. The SMILES string of the molecule is CCOc1cccc(-c2cc(C(=O)O)c3c(-c4ccc(Br)cc4)[nH]nc3n2)c1O. The molecule has 0 saturated carbocycles. The maximum atomic E-state index is 12.0. The molecule has 2 aromatic carbocycles. The molecule has 0 fully saturated rings. The topological polar surface area (TPSA) is 108 Å². The molecular weight excluding hydrogens is 438 g/mol. The third kappa shape index (κ3) is 3.42. The average Bonchev–Trinajstić information content (AvgIpc) is 3.13. The zero-order chi connectivity index (χ0) is 20.5. The van der Waals surface area contributed by atoms with Crippen molar-refractivity contribution in [3.05, 3.63) is 58.6 Å². The quantitative estimate of drug-likeness (QED) is 0.398. The maximum Gasteiger partial charge on any atom is 0.336 e. The Hall–Kier alpha value is -3.39. The third-order valence-corrected chi connectivity index (χ3v) is 4.99. The van der Waals surface area contributed by atoms with Gasteiger partial charge in [-0.25, -0.2) is 9.78 Å². The Labute approximate surface area is 174 Å². The van der Waals surface area contributed by atoms with Crippen LogP contribution in [0.25, 0.3) is 33.5 Å². The number of ether oxygens (including phenoxy) is 1. The summed E-state index contributed by atoms with van der Waals surface area (Å²) in [5, 5.41) is 27.9.